The zero-order valence-corrected chi connectivity index (χ0v) is 12.6. The molecule has 3 rings (SSSR count). The molecule has 19 heavy (non-hydrogen) atoms. The molecular weight excluding hydrogens is 278 g/mol. The number of thioether (sulfide) groups is 1. The number of rotatable bonds is 6. The van der Waals surface area contributed by atoms with Crippen molar-refractivity contribution in [2.45, 2.75) is 30.2 Å². The molecule has 1 saturated carbocycles. The van der Waals surface area contributed by atoms with E-state index in [-0.39, 0.29) is 0 Å². The largest absolute Gasteiger partial charge is 0.380 e. The average molecular weight is 298 g/mol. The second-order valence-corrected chi connectivity index (χ2v) is 6.92. The molecule has 104 valence electrons. The number of fused-ring (bicyclic) bond motifs is 1. The normalized spacial score (nSPS) is 22.3. The molecule has 0 bridgehead atoms. The van der Waals surface area contributed by atoms with Crippen molar-refractivity contribution in [2.75, 3.05) is 25.5 Å². The number of hydrogen-bond acceptors (Lipinski definition) is 3. The maximum atomic E-state index is 6.11. The number of hydrogen-bond donors (Lipinski definition) is 1. The zero-order valence-electron chi connectivity index (χ0n) is 11.0. The first-order chi connectivity index (χ1) is 9.33. The monoisotopic (exact) mass is 297 g/mol. The van der Waals surface area contributed by atoms with Crippen molar-refractivity contribution in [2.24, 2.45) is 5.92 Å². The summed E-state index contributed by atoms with van der Waals surface area (Å²) in [4.78, 5) is 1.37. The fourth-order valence-electron chi connectivity index (χ4n) is 2.42. The predicted molar refractivity (Wildman–Crippen MR) is 81.1 cm³/mol. The summed E-state index contributed by atoms with van der Waals surface area (Å²) in [6, 6.07) is 6.65. The summed E-state index contributed by atoms with van der Waals surface area (Å²) in [5, 5.41) is 4.43. The molecule has 1 aliphatic carbocycles. The highest BCUT2D eigenvalue weighted by Crippen LogP contribution is 2.37. The van der Waals surface area contributed by atoms with E-state index in [0.29, 0.717) is 6.04 Å². The summed E-state index contributed by atoms with van der Waals surface area (Å²) >= 11 is 8.03. The first-order valence-corrected chi connectivity index (χ1v) is 8.42. The number of nitrogens with one attached hydrogen (secondary N) is 1. The molecule has 1 aromatic rings. The molecule has 1 heterocycles. The first-order valence-electron chi connectivity index (χ1n) is 7.06. The van der Waals surface area contributed by atoms with Crippen LogP contribution in [0.3, 0.4) is 0 Å². The minimum atomic E-state index is 0.430. The Hall–Kier alpha value is -0.220. The van der Waals surface area contributed by atoms with E-state index in [1.54, 1.807) is 0 Å². The summed E-state index contributed by atoms with van der Waals surface area (Å²) in [5.41, 5.74) is 1.35. The third-order valence-electron chi connectivity index (χ3n) is 3.70. The molecule has 1 aromatic carbocycles. The van der Waals surface area contributed by atoms with Gasteiger partial charge in [-0.25, -0.2) is 0 Å². The molecule has 2 aliphatic rings. The smallest absolute Gasteiger partial charge is 0.0591 e. The molecule has 2 nitrogen and oxygen atoms in total. The van der Waals surface area contributed by atoms with Crippen LogP contribution in [0.4, 0.5) is 0 Å². The molecule has 1 atom stereocenters. The molecular formula is C15H20ClNOS. The lowest BCUT2D eigenvalue weighted by atomic mass is 10.0. The van der Waals surface area contributed by atoms with Gasteiger partial charge in [-0.15, -0.1) is 11.8 Å². The Labute approximate surface area is 124 Å². The van der Waals surface area contributed by atoms with Crippen molar-refractivity contribution in [3.8, 4) is 0 Å². The van der Waals surface area contributed by atoms with Crippen LogP contribution in [0.1, 0.15) is 30.9 Å². The lowest BCUT2D eigenvalue weighted by Crippen LogP contribution is -2.28. The molecule has 0 amide bonds. The van der Waals surface area contributed by atoms with Crippen molar-refractivity contribution in [1.29, 1.82) is 0 Å². The van der Waals surface area contributed by atoms with Gasteiger partial charge in [0.05, 0.1) is 6.61 Å². The van der Waals surface area contributed by atoms with Gasteiger partial charge < -0.3 is 10.1 Å². The Kier molecular flexibility index (Phi) is 4.69. The van der Waals surface area contributed by atoms with E-state index in [4.69, 9.17) is 16.3 Å². The van der Waals surface area contributed by atoms with Crippen molar-refractivity contribution in [3.05, 3.63) is 28.8 Å². The highest BCUT2D eigenvalue weighted by Gasteiger charge is 2.22. The summed E-state index contributed by atoms with van der Waals surface area (Å²) in [7, 11) is 0. The average Bonchev–Trinajstić information content (AvgIpc) is 3.23. The highest BCUT2D eigenvalue weighted by atomic mass is 35.5. The van der Waals surface area contributed by atoms with Crippen LogP contribution in [0.15, 0.2) is 23.1 Å². The topological polar surface area (TPSA) is 21.3 Å². The van der Waals surface area contributed by atoms with Gasteiger partial charge in [0, 0.05) is 29.1 Å². The van der Waals surface area contributed by atoms with E-state index < -0.39 is 0 Å². The predicted octanol–water partition coefficient (Wildman–Crippen LogP) is 3.89. The van der Waals surface area contributed by atoms with Crippen molar-refractivity contribution in [3.63, 3.8) is 0 Å². The number of benzene rings is 1. The minimum absolute atomic E-state index is 0.430. The maximum Gasteiger partial charge on any atom is 0.0591 e. The lowest BCUT2D eigenvalue weighted by molar-refractivity contribution is 0.124. The van der Waals surface area contributed by atoms with Crippen LogP contribution in [0.5, 0.6) is 0 Å². The second-order valence-electron chi connectivity index (χ2n) is 5.34. The van der Waals surface area contributed by atoms with E-state index in [1.807, 2.05) is 17.8 Å². The lowest BCUT2D eigenvalue weighted by Gasteiger charge is -2.26. The van der Waals surface area contributed by atoms with Gasteiger partial charge in [-0.3, -0.25) is 0 Å². The van der Waals surface area contributed by atoms with Gasteiger partial charge in [0.2, 0.25) is 0 Å². The van der Waals surface area contributed by atoms with Crippen LogP contribution in [0.25, 0.3) is 0 Å². The first kappa shape index (κ1) is 13.7. The molecule has 0 aromatic heterocycles. The van der Waals surface area contributed by atoms with Crippen molar-refractivity contribution < 1.29 is 4.74 Å². The molecule has 1 unspecified atom stereocenters. The third kappa shape index (κ3) is 3.88. The Morgan fingerprint density at radius 2 is 2.21 bits per heavy atom. The second kappa shape index (κ2) is 6.49. The van der Waals surface area contributed by atoms with Crippen molar-refractivity contribution in [1.82, 2.24) is 5.32 Å². The van der Waals surface area contributed by atoms with Crippen LogP contribution >= 0.6 is 23.4 Å². The van der Waals surface area contributed by atoms with Crippen LogP contribution in [0.2, 0.25) is 5.02 Å². The van der Waals surface area contributed by atoms with E-state index in [1.165, 1.54) is 35.5 Å². The zero-order chi connectivity index (χ0) is 13.1. The van der Waals surface area contributed by atoms with Gasteiger partial charge in [-0.05, 0) is 54.7 Å². The Balaban J connectivity index is 1.49. The van der Waals surface area contributed by atoms with Crippen LogP contribution in [0, 0.1) is 5.92 Å². The standard InChI is InChI=1S/C15H20ClNOS/c16-12-3-4-15-13(9-12)14(5-8-19-15)17-6-7-18-10-11-1-2-11/h3-4,9,11,14,17H,1-2,5-8,10H2. The van der Waals surface area contributed by atoms with Gasteiger partial charge in [0.25, 0.3) is 0 Å². The van der Waals surface area contributed by atoms with Crippen LogP contribution in [-0.4, -0.2) is 25.5 Å². The molecule has 0 spiro atoms. The molecule has 1 N–H and O–H groups in total. The van der Waals surface area contributed by atoms with Gasteiger partial charge in [-0.1, -0.05) is 11.6 Å². The van der Waals surface area contributed by atoms with Crippen molar-refractivity contribution >= 4 is 23.4 Å². The maximum absolute atomic E-state index is 6.11. The third-order valence-corrected chi connectivity index (χ3v) is 5.06. The number of halogens is 1. The minimum Gasteiger partial charge on any atom is -0.380 e. The summed E-state index contributed by atoms with van der Waals surface area (Å²) in [6.45, 7) is 2.69. The Morgan fingerprint density at radius 1 is 1.32 bits per heavy atom. The Bertz CT molecular complexity index is 436. The fraction of sp³-hybridized carbons (Fsp3) is 0.600. The van der Waals surface area contributed by atoms with E-state index >= 15 is 0 Å². The quantitative estimate of drug-likeness (QED) is 0.805. The van der Waals surface area contributed by atoms with Crippen LogP contribution in [-0.2, 0) is 4.74 Å². The number of ether oxygens (including phenoxy) is 1. The highest BCUT2D eigenvalue weighted by molar-refractivity contribution is 7.99. The van der Waals surface area contributed by atoms with Gasteiger partial charge >= 0.3 is 0 Å². The Morgan fingerprint density at radius 3 is 3.05 bits per heavy atom. The van der Waals surface area contributed by atoms with Gasteiger partial charge in [0.15, 0.2) is 0 Å². The molecule has 1 fully saturated rings. The SMILES string of the molecule is Clc1ccc2c(c1)C(NCCOCC1CC1)CCS2. The van der Waals surface area contributed by atoms with Gasteiger partial charge in [0.1, 0.15) is 0 Å². The van der Waals surface area contributed by atoms with E-state index in [9.17, 15) is 0 Å². The molecule has 4 heteroatoms. The summed E-state index contributed by atoms with van der Waals surface area (Å²) in [6.07, 6.45) is 3.89. The van der Waals surface area contributed by atoms with Gasteiger partial charge in [-0.2, -0.15) is 0 Å². The van der Waals surface area contributed by atoms with E-state index in [0.717, 1.165) is 30.7 Å². The summed E-state index contributed by atoms with van der Waals surface area (Å²) in [5.74, 6) is 2.03. The van der Waals surface area contributed by atoms with E-state index in [2.05, 4.69) is 17.4 Å². The molecule has 0 radical (unpaired) electrons. The fourth-order valence-corrected chi connectivity index (χ4v) is 3.70. The summed E-state index contributed by atoms with van der Waals surface area (Å²) < 4.78 is 5.67. The molecule has 1 aliphatic heterocycles. The van der Waals surface area contributed by atoms with Crippen LogP contribution < -0.4 is 5.32 Å². The molecule has 0 saturated heterocycles.